The Kier molecular flexibility index (Phi) is 4.08. The molecule has 1 aliphatic rings. The Hall–Kier alpha value is -1.10. The van der Waals surface area contributed by atoms with Gasteiger partial charge in [-0.15, -0.1) is 0 Å². The van der Waals surface area contributed by atoms with E-state index in [2.05, 4.69) is 0 Å². The van der Waals surface area contributed by atoms with Gasteiger partial charge in [-0.05, 0) is 19.3 Å². The maximum Gasteiger partial charge on any atom is 0.323 e. The molecule has 0 radical (unpaired) electrons. The normalized spacial score (nSPS) is 26.0. The van der Waals surface area contributed by atoms with E-state index in [0.717, 1.165) is 19.3 Å². The molecule has 0 aromatic carbocycles. The van der Waals surface area contributed by atoms with Crippen LogP contribution in [0.25, 0.3) is 0 Å². The van der Waals surface area contributed by atoms with Crippen LogP contribution >= 0.6 is 0 Å². The summed E-state index contributed by atoms with van der Waals surface area (Å²) in [7, 11) is 1.52. The van der Waals surface area contributed by atoms with Crippen molar-refractivity contribution in [1.82, 2.24) is 4.90 Å². The van der Waals surface area contributed by atoms with Gasteiger partial charge in [0, 0.05) is 19.0 Å². The molecule has 2 unspecified atom stereocenters. The number of carbonyl (C=O) groups excluding carboxylic acids is 1. The van der Waals surface area contributed by atoms with Gasteiger partial charge in [-0.25, -0.2) is 0 Å². The van der Waals surface area contributed by atoms with Gasteiger partial charge in [-0.1, -0.05) is 6.42 Å². The van der Waals surface area contributed by atoms with Crippen molar-refractivity contribution in [2.45, 2.75) is 31.7 Å². The molecule has 1 fully saturated rings. The van der Waals surface area contributed by atoms with E-state index >= 15 is 0 Å². The second-order valence-corrected chi connectivity index (χ2v) is 4.21. The Morgan fingerprint density at radius 2 is 2.13 bits per heavy atom. The van der Waals surface area contributed by atoms with Crippen molar-refractivity contribution in [2.24, 2.45) is 11.7 Å². The monoisotopic (exact) mass is 214 g/mol. The lowest BCUT2D eigenvalue weighted by molar-refractivity contribution is -0.145. The van der Waals surface area contributed by atoms with Gasteiger partial charge in [-0.3, -0.25) is 9.59 Å². The van der Waals surface area contributed by atoms with E-state index in [1.807, 2.05) is 0 Å². The van der Waals surface area contributed by atoms with E-state index in [0.29, 0.717) is 6.42 Å². The SMILES string of the molecule is CN(CC(=O)O)C(=O)C1CCCC(N)C1. The maximum absolute atomic E-state index is 11.8. The molecule has 5 heteroatoms. The van der Waals surface area contributed by atoms with Crippen molar-refractivity contribution in [2.75, 3.05) is 13.6 Å². The van der Waals surface area contributed by atoms with Crippen molar-refractivity contribution in [1.29, 1.82) is 0 Å². The van der Waals surface area contributed by atoms with Crippen LogP contribution in [0.3, 0.4) is 0 Å². The number of hydrogen-bond donors (Lipinski definition) is 2. The van der Waals surface area contributed by atoms with Gasteiger partial charge in [0.25, 0.3) is 0 Å². The molecule has 0 saturated heterocycles. The zero-order chi connectivity index (χ0) is 11.4. The Morgan fingerprint density at radius 1 is 1.47 bits per heavy atom. The summed E-state index contributed by atoms with van der Waals surface area (Å²) >= 11 is 0. The summed E-state index contributed by atoms with van der Waals surface area (Å²) in [6, 6.07) is 0.0888. The van der Waals surface area contributed by atoms with E-state index in [1.165, 1.54) is 11.9 Å². The second-order valence-electron chi connectivity index (χ2n) is 4.21. The molecule has 3 N–H and O–H groups in total. The summed E-state index contributed by atoms with van der Waals surface area (Å²) in [6.45, 7) is -0.232. The Labute approximate surface area is 89.2 Å². The van der Waals surface area contributed by atoms with Crippen LogP contribution in [0.15, 0.2) is 0 Å². The van der Waals surface area contributed by atoms with E-state index in [9.17, 15) is 9.59 Å². The minimum Gasteiger partial charge on any atom is -0.480 e. The van der Waals surface area contributed by atoms with Crippen molar-refractivity contribution in [3.8, 4) is 0 Å². The maximum atomic E-state index is 11.8. The number of rotatable bonds is 3. The van der Waals surface area contributed by atoms with Crippen molar-refractivity contribution >= 4 is 11.9 Å². The highest BCUT2D eigenvalue weighted by atomic mass is 16.4. The van der Waals surface area contributed by atoms with Crippen LogP contribution in [0.2, 0.25) is 0 Å². The van der Waals surface area contributed by atoms with E-state index in [1.54, 1.807) is 0 Å². The molecule has 15 heavy (non-hydrogen) atoms. The van der Waals surface area contributed by atoms with Gasteiger partial charge in [0.15, 0.2) is 0 Å². The number of nitrogens with zero attached hydrogens (tertiary/aromatic N) is 1. The van der Waals surface area contributed by atoms with Crippen molar-refractivity contribution in [3.63, 3.8) is 0 Å². The summed E-state index contributed by atoms with van der Waals surface area (Å²) in [4.78, 5) is 23.5. The first-order valence-electron chi connectivity index (χ1n) is 5.23. The molecular formula is C10H18N2O3. The molecule has 0 aliphatic heterocycles. The number of amides is 1. The summed E-state index contributed by atoms with van der Waals surface area (Å²) in [5.41, 5.74) is 5.78. The molecular weight excluding hydrogens is 196 g/mol. The topological polar surface area (TPSA) is 83.6 Å². The van der Waals surface area contributed by atoms with Crippen LogP contribution in [-0.2, 0) is 9.59 Å². The molecule has 1 aliphatic carbocycles. The zero-order valence-corrected chi connectivity index (χ0v) is 8.98. The first-order valence-corrected chi connectivity index (χ1v) is 5.23. The Bertz CT molecular complexity index is 255. The van der Waals surface area contributed by atoms with Gasteiger partial charge in [0.05, 0.1) is 0 Å². The molecule has 0 spiro atoms. The van der Waals surface area contributed by atoms with Gasteiger partial charge in [-0.2, -0.15) is 0 Å². The van der Waals surface area contributed by atoms with Crippen LogP contribution in [0.5, 0.6) is 0 Å². The molecule has 1 amide bonds. The lowest BCUT2D eigenvalue weighted by atomic mass is 9.85. The lowest BCUT2D eigenvalue weighted by Crippen LogP contribution is -2.40. The molecule has 0 aromatic heterocycles. The highest BCUT2D eigenvalue weighted by molar-refractivity contribution is 5.82. The number of carboxylic acids is 1. The summed E-state index contributed by atoms with van der Waals surface area (Å²) < 4.78 is 0. The third kappa shape index (κ3) is 3.51. The largest absolute Gasteiger partial charge is 0.480 e. The fourth-order valence-corrected chi connectivity index (χ4v) is 2.04. The van der Waals surface area contributed by atoms with Gasteiger partial charge in [0.2, 0.25) is 5.91 Å². The summed E-state index contributed by atoms with van der Waals surface area (Å²) in [5, 5.41) is 8.56. The predicted octanol–water partition coefficient (Wildman–Crippen LogP) is 0.0469. The third-order valence-electron chi connectivity index (χ3n) is 2.81. The van der Waals surface area contributed by atoms with E-state index in [-0.39, 0.29) is 24.4 Å². The third-order valence-corrected chi connectivity index (χ3v) is 2.81. The standard InChI is InChI=1S/C10H18N2O3/c1-12(6-9(13)14)10(15)7-3-2-4-8(11)5-7/h7-8H,2-6,11H2,1H3,(H,13,14). The first-order chi connectivity index (χ1) is 7.00. The summed E-state index contributed by atoms with van der Waals surface area (Å²) in [5.74, 6) is -1.16. The number of aliphatic carboxylic acids is 1. The number of nitrogens with two attached hydrogens (primary N) is 1. The van der Waals surface area contributed by atoms with Gasteiger partial charge >= 0.3 is 5.97 Å². The molecule has 1 saturated carbocycles. The lowest BCUT2D eigenvalue weighted by Gasteiger charge is -2.28. The second kappa shape index (κ2) is 5.11. The molecule has 0 bridgehead atoms. The highest BCUT2D eigenvalue weighted by Gasteiger charge is 2.28. The number of carboxylic acid groups (broad SMARTS) is 1. The van der Waals surface area contributed by atoms with Crippen LogP contribution in [-0.4, -0.2) is 41.5 Å². The van der Waals surface area contributed by atoms with Gasteiger partial charge < -0.3 is 15.7 Å². The highest BCUT2D eigenvalue weighted by Crippen LogP contribution is 2.24. The number of carbonyl (C=O) groups is 2. The molecule has 0 aromatic rings. The van der Waals surface area contributed by atoms with Gasteiger partial charge in [0.1, 0.15) is 6.54 Å². The van der Waals surface area contributed by atoms with Crippen molar-refractivity contribution < 1.29 is 14.7 Å². The Balaban J connectivity index is 2.47. The zero-order valence-electron chi connectivity index (χ0n) is 8.98. The minimum absolute atomic E-state index is 0.0851. The smallest absolute Gasteiger partial charge is 0.323 e. The van der Waals surface area contributed by atoms with E-state index in [4.69, 9.17) is 10.8 Å². The fourth-order valence-electron chi connectivity index (χ4n) is 2.04. The first kappa shape index (κ1) is 12.0. The fraction of sp³-hybridized carbons (Fsp3) is 0.800. The van der Waals surface area contributed by atoms with Crippen LogP contribution in [0, 0.1) is 5.92 Å². The summed E-state index contributed by atoms with van der Waals surface area (Å²) in [6.07, 6.45) is 3.43. The van der Waals surface area contributed by atoms with Crippen LogP contribution in [0.1, 0.15) is 25.7 Å². The predicted molar refractivity (Wildman–Crippen MR) is 55.2 cm³/mol. The van der Waals surface area contributed by atoms with Crippen molar-refractivity contribution in [3.05, 3.63) is 0 Å². The quantitative estimate of drug-likeness (QED) is 0.695. The molecule has 2 atom stereocenters. The molecule has 5 nitrogen and oxygen atoms in total. The van der Waals surface area contributed by atoms with E-state index < -0.39 is 5.97 Å². The molecule has 0 heterocycles. The molecule has 86 valence electrons. The van der Waals surface area contributed by atoms with Crippen LogP contribution in [0.4, 0.5) is 0 Å². The average Bonchev–Trinajstić information content (AvgIpc) is 2.15. The van der Waals surface area contributed by atoms with Crippen LogP contribution < -0.4 is 5.73 Å². The number of hydrogen-bond acceptors (Lipinski definition) is 3. The Morgan fingerprint density at radius 3 is 2.67 bits per heavy atom. The minimum atomic E-state index is -0.981. The average molecular weight is 214 g/mol. The number of likely N-dealkylation sites (N-methyl/N-ethyl adjacent to an activating group) is 1. The molecule has 1 rings (SSSR count).